The van der Waals surface area contributed by atoms with E-state index < -0.39 is 0 Å². The minimum absolute atomic E-state index is 0.111. The summed E-state index contributed by atoms with van der Waals surface area (Å²) in [6, 6.07) is 8.97. The van der Waals surface area contributed by atoms with Gasteiger partial charge in [-0.3, -0.25) is 9.78 Å². The normalized spacial score (nSPS) is 10.5. The second-order valence-corrected chi connectivity index (χ2v) is 4.82. The molecular formula is C15H11ClN4O. The zero-order chi connectivity index (χ0) is 14.8. The van der Waals surface area contributed by atoms with E-state index in [4.69, 9.17) is 17.3 Å². The third-order valence-corrected chi connectivity index (χ3v) is 3.34. The summed E-state index contributed by atoms with van der Waals surface area (Å²) in [6.07, 6.45) is 4.80. The molecule has 3 aromatic rings. The lowest BCUT2D eigenvalue weighted by Gasteiger charge is -2.09. The molecule has 6 heteroatoms. The third kappa shape index (κ3) is 2.64. The third-order valence-electron chi connectivity index (χ3n) is 3.04. The largest absolute Gasteiger partial charge is 0.397 e. The standard InChI is InChI=1S/C15H11ClN4O/c16-14-11(6-10(17)7-19-14)15(21)20-13-3-1-2-9-4-5-18-8-12(9)13/h1-8H,17H2,(H,20,21). The van der Waals surface area contributed by atoms with Crippen LogP contribution in [0.15, 0.2) is 48.9 Å². The van der Waals surface area contributed by atoms with Crippen molar-refractivity contribution in [2.75, 3.05) is 11.1 Å². The average molecular weight is 299 g/mol. The molecule has 3 N–H and O–H groups in total. The van der Waals surface area contributed by atoms with Crippen LogP contribution in [-0.4, -0.2) is 15.9 Å². The number of nitrogens with zero attached hydrogens (tertiary/aromatic N) is 2. The number of pyridine rings is 2. The summed E-state index contributed by atoms with van der Waals surface area (Å²) in [6.45, 7) is 0. The van der Waals surface area contributed by atoms with E-state index in [1.807, 2.05) is 18.2 Å². The second kappa shape index (κ2) is 5.38. The SMILES string of the molecule is Nc1cnc(Cl)c(C(=O)Nc2cccc3ccncc23)c1. The van der Waals surface area contributed by atoms with Crippen LogP contribution in [0.5, 0.6) is 0 Å². The van der Waals surface area contributed by atoms with E-state index in [0.29, 0.717) is 11.4 Å². The molecule has 0 aliphatic heterocycles. The number of halogens is 1. The molecule has 0 aliphatic carbocycles. The van der Waals surface area contributed by atoms with Crippen molar-refractivity contribution in [2.45, 2.75) is 0 Å². The van der Waals surface area contributed by atoms with E-state index in [2.05, 4.69) is 15.3 Å². The number of hydrogen-bond donors (Lipinski definition) is 2. The predicted octanol–water partition coefficient (Wildman–Crippen LogP) is 3.12. The Morgan fingerprint density at radius 1 is 1.24 bits per heavy atom. The van der Waals surface area contributed by atoms with Gasteiger partial charge in [-0.2, -0.15) is 0 Å². The molecule has 5 nitrogen and oxygen atoms in total. The van der Waals surface area contributed by atoms with Gasteiger partial charge in [-0.05, 0) is 23.6 Å². The van der Waals surface area contributed by atoms with E-state index in [1.54, 1.807) is 18.5 Å². The number of aromatic nitrogens is 2. The van der Waals surface area contributed by atoms with Crippen molar-refractivity contribution in [1.29, 1.82) is 0 Å². The molecule has 2 aromatic heterocycles. The van der Waals surface area contributed by atoms with E-state index >= 15 is 0 Å². The van der Waals surface area contributed by atoms with Gasteiger partial charge in [0.1, 0.15) is 5.15 Å². The molecular weight excluding hydrogens is 288 g/mol. The Balaban J connectivity index is 1.99. The molecule has 2 heterocycles. The summed E-state index contributed by atoms with van der Waals surface area (Å²) in [5.41, 5.74) is 6.91. The fourth-order valence-corrected chi connectivity index (χ4v) is 2.22. The molecule has 0 fully saturated rings. The highest BCUT2D eigenvalue weighted by molar-refractivity contribution is 6.33. The van der Waals surface area contributed by atoms with Gasteiger partial charge in [0, 0.05) is 17.8 Å². The average Bonchev–Trinajstić information content (AvgIpc) is 2.50. The first kappa shape index (κ1) is 13.3. The number of fused-ring (bicyclic) bond motifs is 1. The first-order valence-electron chi connectivity index (χ1n) is 6.20. The van der Waals surface area contributed by atoms with Crippen LogP contribution >= 0.6 is 11.6 Å². The van der Waals surface area contributed by atoms with Gasteiger partial charge in [-0.25, -0.2) is 4.98 Å². The number of carbonyl (C=O) groups excluding carboxylic acids is 1. The topological polar surface area (TPSA) is 80.9 Å². The Kier molecular flexibility index (Phi) is 3.41. The van der Waals surface area contributed by atoms with Crippen LogP contribution < -0.4 is 11.1 Å². The van der Waals surface area contributed by atoms with Crippen molar-refractivity contribution >= 4 is 39.7 Å². The zero-order valence-corrected chi connectivity index (χ0v) is 11.6. The lowest BCUT2D eigenvalue weighted by molar-refractivity contribution is 0.102. The van der Waals surface area contributed by atoms with Crippen LogP contribution in [0.1, 0.15) is 10.4 Å². The highest BCUT2D eigenvalue weighted by Crippen LogP contribution is 2.24. The Morgan fingerprint density at radius 3 is 2.95 bits per heavy atom. The number of hydrogen-bond acceptors (Lipinski definition) is 4. The first-order valence-corrected chi connectivity index (χ1v) is 6.58. The van der Waals surface area contributed by atoms with Crippen LogP contribution in [0.4, 0.5) is 11.4 Å². The maximum absolute atomic E-state index is 12.3. The molecule has 1 aromatic carbocycles. The molecule has 21 heavy (non-hydrogen) atoms. The summed E-state index contributed by atoms with van der Waals surface area (Å²) >= 11 is 5.94. The number of anilines is 2. The lowest BCUT2D eigenvalue weighted by atomic mass is 10.1. The van der Waals surface area contributed by atoms with Gasteiger partial charge in [0.15, 0.2) is 0 Å². The minimum atomic E-state index is -0.365. The lowest BCUT2D eigenvalue weighted by Crippen LogP contribution is -2.13. The van der Waals surface area contributed by atoms with Crippen LogP contribution in [-0.2, 0) is 0 Å². The number of rotatable bonds is 2. The number of nitrogens with two attached hydrogens (primary N) is 1. The van der Waals surface area contributed by atoms with E-state index in [9.17, 15) is 4.79 Å². The Labute approximate surface area is 125 Å². The number of nitrogens with one attached hydrogen (secondary N) is 1. The van der Waals surface area contributed by atoms with Gasteiger partial charge in [-0.15, -0.1) is 0 Å². The Hall–Kier alpha value is -2.66. The molecule has 0 saturated heterocycles. The van der Waals surface area contributed by atoms with Gasteiger partial charge in [-0.1, -0.05) is 23.7 Å². The summed E-state index contributed by atoms with van der Waals surface area (Å²) in [4.78, 5) is 20.3. The molecule has 104 valence electrons. The van der Waals surface area contributed by atoms with Crippen LogP contribution in [0.2, 0.25) is 5.15 Å². The zero-order valence-electron chi connectivity index (χ0n) is 10.9. The number of nitrogen functional groups attached to an aromatic ring is 1. The van der Waals surface area contributed by atoms with Crippen LogP contribution in [0, 0.1) is 0 Å². The molecule has 0 saturated carbocycles. The smallest absolute Gasteiger partial charge is 0.258 e. The first-order chi connectivity index (χ1) is 10.1. The Morgan fingerprint density at radius 2 is 2.10 bits per heavy atom. The maximum Gasteiger partial charge on any atom is 0.258 e. The van der Waals surface area contributed by atoms with Crippen molar-refractivity contribution in [2.24, 2.45) is 0 Å². The van der Waals surface area contributed by atoms with Crippen molar-refractivity contribution in [3.63, 3.8) is 0 Å². The number of amides is 1. The maximum atomic E-state index is 12.3. The fraction of sp³-hybridized carbons (Fsp3) is 0. The molecule has 0 unspecified atom stereocenters. The minimum Gasteiger partial charge on any atom is -0.397 e. The van der Waals surface area contributed by atoms with Gasteiger partial charge < -0.3 is 11.1 Å². The molecule has 0 atom stereocenters. The van der Waals surface area contributed by atoms with Crippen LogP contribution in [0.3, 0.4) is 0 Å². The molecule has 0 spiro atoms. The van der Waals surface area contributed by atoms with Gasteiger partial charge >= 0.3 is 0 Å². The van der Waals surface area contributed by atoms with E-state index in [-0.39, 0.29) is 16.6 Å². The monoisotopic (exact) mass is 298 g/mol. The quantitative estimate of drug-likeness (QED) is 0.712. The summed E-state index contributed by atoms with van der Waals surface area (Å²) in [5.74, 6) is -0.365. The fourth-order valence-electron chi connectivity index (χ4n) is 2.04. The number of carbonyl (C=O) groups is 1. The highest BCUT2D eigenvalue weighted by Gasteiger charge is 2.13. The molecule has 3 rings (SSSR count). The predicted molar refractivity (Wildman–Crippen MR) is 83.4 cm³/mol. The summed E-state index contributed by atoms with van der Waals surface area (Å²) in [7, 11) is 0. The molecule has 0 bridgehead atoms. The van der Waals surface area contributed by atoms with Gasteiger partial charge in [0.05, 0.1) is 23.1 Å². The summed E-state index contributed by atoms with van der Waals surface area (Å²) in [5, 5.41) is 4.76. The van der Waals surface area contributed by atoms with E-state index in [1.165, 1.54) is 12.3 Å². The van der Waals surface area contributed by atoms with Crippen molar-refractivity contribution in [1.82, 2.24) is 9.97 Å². The number of benzene rings is 1. The van der Waals surface area contributed by atoms with Crippen molar-refractivity contribution < 1.29 is 4.79 Å². The van der Waals surface area contributed by atoms with Crippen LogP contribution in [0.25, 0.3) is 10.8 Å². The molecule has 1 amide bonds. The van der Waals surface area contributed by atoms with E-state index in [0.717, 1.165) is 10.8 Å². The highest BCUT2D eigenvalue weighted by atomic mass is 35.5. The van der Waals surface area contributed by atoms with Gasteiger partial charge in [0.2, 0.25) is 0 Å². The molecule has 0 radical (unpaired) electrons. The molecule has 0 aliphatic rings. The van der Waals surface area contributed by atoms with Gasteiger partial charge in [0.25, 0.3) is 5.91 Å². The second-order valence-electron chi connectivity index (χ2n) is 4.46. The Bertz CT molecular complexity index is 830. The van der Waals surface area contributed by atoms with Crippen molar-refractivity contribution in [3.8, 4) is 0 Å². The summed E-state index contributed by atoms with van der Waals surface area (Å²) < 4.78 is 0. The van der Waals surface area contributed by atoms with Crippen molar-refractivity contribution in [3.05, 3.63) is 59.6 Å².